The van der Waals surface area contributed by atoms with Gasteiger partial charge in [-0.15, -0.1) is 0 Å². The number of aromatic nitrogens is 1. The van der Waals surface area contributed by atoms with Crippen LogP contribution in [0.2, 0.25) is 0 Å². The van der Waals surface area contributed by atoms with E-state index in [0.29, 0.717) is 6.54 Å². The fraction of sp³-hybridized carbons (Fsp3) is 0.211. The number of fused-ring (bicyclic) bond motifs is 1. The molecule has 0 aliphatic rings. The van der Waals surface area contributed by atoms with E-state index in [1.807, 2.05) is 67.2 Å². The number of rotatable bonds is 4. The third kappa shape index (κ3) is 2.81. The molecule has 1 heterocycles. The van der Waals surface area contributed by atoms with E-state index in [1.165, 1.54) is 0 Å². The Labute approximate surface area is 130 Å². The standard InChI is InChI=1S/C19H20N2O/c1-20(2)12-13-21-18-11-7-6-10-16(18)17(14-19(21)22)15-8-4-3-5-9-15/h3-11,14H,12-13H2,1-2H3. The summed E-state index contributed by atoms with van der Waals surface area (Å²) in [7, 11) is 4.04. The molecule has 0 spiro atoms. The van der Waals surface area contributed by atoms with Crippen LogP contribution in [0.1, 0.15) is 0 Å². The van der Waals surface area contributed by atoms with Gasteiger partial charge in [0.2, 0.25) is 0 Å². The van der Waals surface area contributed by atoms with Crippen molar-refractivity contribution in [3.8, 4) is 11.1 Å². The second-order valence-electron chi connectivity index (χ2n) is 5.73. The lowest BCUT2D eigenvalue weighted by molar-refractivity contribution is 0.384. The fourth-order valence-corrected chi connectivity index (χ4v) is 2.72. The van der Waals surface area contributed by atoms with Gasteiger partial charge in [-0.2, -0.15) is 0 Å². The summed E-state index contributed by atoms with van der Waals surface area (Å²) in [5.74, 6) is 0. The summed E-state index contributed by atoms with van der Waals surface area (Å²) in [5, 5.41) is 1.12. The number of pyridine rings is 1. The minimum absolute atomic E-state index is 0.0550. The van der Waals surface area contributed by atoms with E-state index in [-0.39, 0.29) is 5.56 Å². The maximum absolute atomic E-state index is 12.6. The molecule has 2 aromatic carbocycles. The van der Waals surface area contributed by atoms with Crippen molar-refractivity contribution >= 4 is 10.9 Å². The van der Waals surface area contributed by atoms with Crippen LogP contribution in [0.25, 0.3) is 22.0 Å². The molecule has 0 amide bonds. The van der Waals surface area contributed by atoms with Crippen molar-refractivity contribution in [1.82, 2.24) is 9.47 Å². The monoisotopic (exact) mass is 292 g/mol. The van der Waals surface area contributed by atoms with Crippen LogP contribution >= 0.6 is 0 Å². The van der Waals surface area contributed by atoms with Crippen molar-refractivity contribution in [3.05, 3.63) is 71.0 Å². The quantitative estimate of drug-likeness (QED) is 0.737. The van der Waals surface area contributed by atoms with E-state index in [9.17, 15) is 4.79 Å². The molecule has 0 bridgehead atoms. The van der Waals surface area contributed by atoms with Gasteiger partial charge >= 0.3 is 0 Å². The Kier molecular flexibility index (Phi) is 4.07. The van der Waals surface area contributed by atoms with Gasteiger partial charge in [0.25, 0.3) is 5.56 Å². The summed E-state index contributed by atoms with van der Waals surface area (Å²) in [4.78, 5) is 14.7. The van der Waals surface area contributed by atoms with Gasteiger partial charge in [0.05, 0.1) is 5.52 Å². The molecule has 3 nitrogen and oxygen atoms in total. The smallest absolute Gasteiger partial charge is 0.251 e. The van der Waals surface area contributed by atoms with Crippen LogP contribution in [0, 0.1) is 0 Å². The highest BCUT2D eigenvalue weighted by molar-refractivity contribution is 5.94. The van der Waals surface area contributed by atoms with E-state index in [4.69, 9.17) is 0 Å². The Morgan fingerprint density at radius 3 is 2.36 bits per heavy atom. The molecule has 0 fully saturated rings. The molecule has 3 aromatic rings. The number of likely N-dealkylation sites (N-methyl/N-ethyl adjacent to an activating group) is 1. The molecule has 0 aliphatic heterocycles. The van der Waals surface area contributed by atoms with Crippen LogP contribution in [0.4, 0.5) is 0 Å². The summed E-state index contributed by atoms with van der Waals surface area (Å²) in [6, 6.07) is 20.0. The second-order valence-corrected chi connectivity index (χ2v) is 5.73. The van der Waals surface area contributed by atoms with E-state index < -0.39 is 0 Å². The van der Waals surface area contributed by atoms with Gasteiger partial charge in [-0.3, -0.25) is 4.79 Å². The first-order valence-corrected chi connectivity index (χ1v) is 7.49. The van der Waals surface area contributed by atoms with Gasteiger partial charge in [-0.1, -0.05) is 48.5 Å². The number of hydrogen-bond acceptors (Lipinski definition) is 2. The maximum atomic E-state index is 12.6. The average Bonchev–Trinajstić information content (AvgIpc) is 2.54. The Balaban J connectivity index is 2.21. The number of nitrogens with zero attached hydrogens (tertiary/aromatic N) is 2. The molecule has 0 unspecified atom stereocenters. The molecule has 3 heteroatoms. The molecule has 3 rings (SSSR count). The lowest BCUT2D eigenvalue weighted by atomic mass is 10.0. The van der Waals surface area contributed by atoms with E-state index in [2.05, 4.69) is 11.0 Å². The summed E-state index contributed by atoms with van der Waals surface area (Å²) < 4.78 is 1.86. The highest BCUT2D eigenvalue weighted by atomic mass is 16.1. The third-order valence-corrected chi connectivity index (χ3v) is 3.87. The van der Waals surface area contributed by atoms with Gasteiger partial charge < -0.3 is 9.47 Å². The molecular formula is C19H20N2O. The summed E-state index contributed by atoms with van der Waals surface area (Å²) in [6.07, 6.45) is 0. The lowest BCUT2D eigenvalue weighted by Gasteiger charge is -2.16. The SMILES string of the molecule is CN(C)CCn1c(=O)cc(-c2ccccc2)c2ccccc21. The van der Waals surface area contributed by atoms with Crippen LogP contribution in [-0.4, -0.2) is 30.1 Å². The fourth-order valence-electron chi connectivity index (χ4n) is 2.72. The first-order chi connectivity index (χ1) is 10.7. The minimum Gasteiger partial charge on any atom is -0.308 e. The molecule has 112 valence electrons. The summed E-state index contributed by atoms with van der Waals surface area (Å²) in [6.45, 7) is 1.54. The largest absolute Gasteiger partial charge is 0.308 e. The average molecular weight is 292 g/mol. The Morgan fingerprint density at radius 1 is 0.955 bits per heavy atom. The zero-order valence-electron chi connectivity index (χ0n) is 13.0. The molecule has 22 heavy (non-hydrogen) atoms. The molecule has 0 saturated carbocycles. The van der Waals surface area contributed by atoms with Gasteiger partial charge in [-0.05, 0) is 31.3 Å². The number of benzene rings is 2. The van der Waals surface area contributed by atoms with E-state index in [1.54, 1.807) is 6.07 Å². The Hall–Kier alpha value is -2.39. The second kappa shape index (κ2) is 6.16. The predicted molar refractivity (Wildman–Crippen MR) is 92.2 cm³/mol. The van der Waals surface area contributed by atoms with Crippen LogP contribution < -0.4 is 5.56 Å². The molecule has 0 radical (unpaired) electrons. The summed E-state index contributed by atoms with van der Waals surface area (Å²) in [5.41, 5.74) is 3.13. The van der Waals surface area contributed by atoms with Gasteiger partial charge in [0.1, 0.15) is 0 Å². The van der Waals surface area contributed by atoms with Crippen molar-refractivity contribution in [2.24, 2.45) is 0 Å². The lowest BCUT2D eigenvalue weighted by Crippen LogP contribution is -2.26. The molecular weight excluding hydrogens is 272 g/mol. The molecule has 0 atom stereocenters. The maximum Gasteiger partial charge on any atom is 0.251 e. The van der Waals surface area contributed by atoms with Crippen molar-refractivity contribution in [1.29, 1.82) is 0 Å². The molecule has 0 aliphatic carbocycles. The minimum atomic E-state index is 0.0550. The topological polar surface area (TPSA) is 25.2 Å². The van der Waals surface area contributed by atoms with Gasteiger partial charge in [0.15, 0.2) is 0 Å². The van der Waals surface area contributed by atoms with Crippen LogP contribution in [0.5, 0.6) is 0 Å². The molecule has 1 aromatic heterocycles. The van der Waals surface area contributed by atoms with Crippen molar-refractivity contribution in [2.75, 3.05) is 20.6 Å². The van der Waals surface area contributed by atoms with Crippen molar-refractivity contribution < 1.29 is 0 Å². The van der Waals surface area contributed by atoms with Crippen LogP contribution in [0.3, 0.4) is 0 Å². The number of hydrogen-bond donors (Lipinski definition) is 0. The molecule has 0 saturated heterocycles. The van der Waals surface area contributed by atoms with Gasteiger partial charge in [0, 0.05) is 24.5 Å². The Bertz CT molecular complexity index is 835. The van der Waals surface area contributed by atoms with Crippen molar-refractivity contribution in [3.63, 3.8) is 0 Å². The highest BCUT2D eigenvalue weighted by Crippen LogP contribution is 2.26. The van der Waals surface area contributed by atoms with Crippen LogP contribution in [0.15, 0.2) is 65.5 Å². The molecule has 0 N–H and O–H groups in total. The Morgan fingerprint density at radius 2 is 1.64 bits per heavy atom. The zero-order chi connectivity index (χ0) is 15.5. The van der Waals surface area contributed by atoms with E-state index in [0.717, 1.165) is 28.6 Å². The highest BCUT2D eigenvalue weighted by Gasteiger charge is 2.10. The normalized spacial score (nSPS) is 11.2. The number of para-hydroxylation sites is 1. The van der Waals surface area contributed by atoms with Crippen molar-refractivity contribution in [2.45, 2.75) is 6.54 Å². The first kappa shape index (κ1) is 14.5. The van der Waals surface area contributed by atoms with Gasteiger partial charge in [-0.25, -0.2) is 0 Å². The third-order valence-electron chi connectivity index (χ3n) is 3.87. The van der Waals surface area contributed by atoms with E-state index >= 15 is 0 Å². The first-order valence-electron chi connectivity index (χ1n) is 7.49. The summed E-state index contributed by atoms with van der Waals surface area (Å²) >= 11 is 0. The predicted octanol–water partition coefficient (Wildman–Crippen LogP) is 3.23. The van der Waals surface area contributed by atoms with Crippen LogP contribution in [-0.2, 0) is 6.54 Å². The zero-order valence-corrected chi connectivity index (χ0v) is 13.0.